The number of hydrogen-bond donors (Lipinski definition) is 1. The highest BCUT2D eigenvalue weighted by Gasteiger charge is 2.19. The second kappa shape index (κ2) is 6.02. The van der Waals surface area contributed by atoms with Gasteiger partial charge in [0.1, 0.15) is 11.0 Å². The van der Waals surface area contributed by atoms with E-state index in [1.165, 1.54) is 11.5 Å². The van der Waals surface area contributed by atoms with Crippen molar-refractivity contribution in [3.8, 4) is 0 Å². The summed E-state index contributed by atoms with van der Waals surface area (Å²) in [5, 5.41) is 5.32. The normalized spacial score (nSPS) is 12.4. The lowest BCUT2D eigenvalue weighted by molar-refractivity contribution is -0.131. The summed E-state index contributed by atoms with van der Waals surface area (Å²) in [7, 11) is 0. The van der Waals surface area contributed by atoms with Gasteiger partial charge in [0.2, 0.25) is 5.91 Å². The van der Waals surface area contributed by atoms with E-state index in [-0.39, 0.29) is 11.9 Å². The van der Waals surface area contributed by atoms with Gasteiger partial charge in [-0.15, -0.1) is 0 Å². The Bertz CT molecular complexity index is 563. The van der Waals surface area contributed by atoms with Crippen LogP contribution in [0.15, 0.2) is 24.3 Å². The number of benzene rings is 1. The number of carbonyl (C=O) groups is 1. The molecule has 4 nitrogen and oxygen atoms in total. The van der Waals surface area contributed by atoms with Crippen molar-refractivity contribution >= 4 is 33.3 Å². The molecular formula is C14H19N3OS. The van der Waals surface area contributed by atoms with Gasteiger partial charge in [-0.3, -0.25) is 4.79 Å². The van der Waals surface area contributed by atoms with Crippen molar-refractivity contribution in [1.82, 2.24) is 9.27 Å². The number of carbonyl (C=O) groups excluding carboxylic acids is 1. The summed E-state index contributed by atoms with van der Waals surface area (Å²) < 4.78 is 4.37. The molecule has 1 amide bonds. The van der Waals surface area contributed by atoms with Gasteiger partial charge in [0.15, 0.2) is 0 Å². The number of likely N-dealkylation sites (N-methyl/N-ethyl adjacent to an activating group) is 1. The number of fused-ring (bicyclic) bond motifs is 1. The van der Waals surface area contributed by atoms with Crippen molar-refractivity contribution in [2.45, 2.75) is 26.8 Å². The van der Waals surface area contributed by atoms with Crippen LogP contribution in [0.2, 0.25) is 0 Å². The summed E-state index contributed by atoms with van der Waals surface area (Å²) in [5.74, 6) is 0.127. The molecule has 0 aliphatic heterocycles. The van der Waals surface area contributed by atoms with Crippen LogP contribution in [0.5, 0.6) is 0 Å². The molecule has 19 heavy (non-hydrogen) atoms. The first-order valence-corrected chi connectivity index (χ1v) is 7.34. The first kappa shape index (κ1) is 13.8. The second-order valence-electron chi connectivity index (χ2n) is 4.41. The molecule has 1 heterocycles. The molecule has 0 aliphatic rings. The van der Waals surface area contributed by atoms with Gasteiger partial charge in [-0.25, -0.2) is 0 Å². The van der Waals surface area contributed by atoms with Crippen LogP contribution in [0.1, 0.15) is 20.8 Å². The molecule has 1 aromatic heterocycles. The largest absolute Gasteiger partial charge is 0.364 e. The predicted molar refractivity (Wildman–Crippen MR) is 80.6 cm³/mol. The minimum absolute atomic E-state index is 0.127. The lowest BCUT2D eigenvalue weighted by Gasteiger charge is -2.23. The maximum atomic E-state index is 12.2. The number of amides is 1. The third-order valence-electron chi connectivity index (χ3n) is 3.18. The van der Waals surface area contributed by atoms with E-state index in [1.54, 1.807) is 0 Å². The highest BCUT2D eigenvalue weighted by Crippen LogP contribution is 2.27. The number of hydrogen-bond acceptors (Lipinski definition) is 4. The van der Waals surface area contributed by atoms with E-state index in [9.17, 15) is 4.79 Å². The molecule has 5 heteroatoms. The molecule has 2 rings (SSSR count). The number of nitrogens with zero attached hydrogens (tertiary/aromatic N) is 2. The van der Waals surface area contributed by atoms with E-state index < -0.39 is 0 Å². The zero-order valence-corrected chi connectivity index (χ0v) is 12.3. The zero-order chi connectivity index (χ0) is 13.8. The minimum atomic E-state index is -0.233. The lowest BCUT2D eigenvalue weighted by atomic mass is 10.2. The Hall–Kier alpha value is -1.62. The summed E-state index contributed by atoms with van der Waals surface area (Å²) >= 11 is 1.40. The van der Waals surface area contributed by atoms with Gasteiger partial charge < -0.3 is 10.2 Å². The van der Waals surface area contributed by atoms with Crippen LogP contribution < -0.4 is 5.32 Å². The molecule has 2 aromatic rings. The quantitative estimate of drug-likeness (QED) is 0.914. The van der Waals surface area contributed by atoms with Crippen molar-refractivity contribution in [3.63, 3.8) is 0 Å². The standard InChI is InChI=1S/C14H19N3OS/c1-4-17(5-2)14(18)10(3)15-13-11-8-6-7-9-12(11)16-19-13/h6-10,15H,4-5H2,1-3H3. The monoisotopic (exact) mass is 277 g/mol. The number of aromatic nitrogens is 1. The fourth-order valence-corrected chi connectivity index (χ4v) is 2.91. The molecule has 0 aliphatic carbocycles. The van der Waals surface area contributed by atoms with Crippen LogP contribution in [0.25, 0.3) is 10.9 Å². The van der Waals surface area contributed by atoms with Gasteiger partial charge >= 0.3 is 0 Å². The maximum Gasteiger partial charge on any atom is 0.244 e. The predicted octanol–water partition coefficient (Wildman–Crippen LogP) is 2.97. The van der Waals surface area contributed by atoms with Crippen molar-refractivity contribution in [3.05, 3.63) is 24.3 Å². The maximum absolute atomic E-state index is 12.2. The Balaban J connectivity index is 2.14. The van der Waals surface area contributed by atoms with E-state index in [2.05, 4.69) is 9.69 Å². The van der Waals surface area contributed by atoms with E-state index >= 15 is 0 Å². The number of anilines is 1. The van der Waals surface area contributed by atoms with Crippen molar-refractivity contribution in [2.75, 3.05) is 18.4 Å². The summed E-state index contributed by atoms with van der Waals surface area (Å²) in [4.78, 5) is 14.0. The average molecular weight is 277 g/mol. The van der Waals surface area contributed by atoms with Crippen LogP contribution in [0.4, 0.5) is 5.00 Å². The lowest BCUT2D eigenvalue weighted by Crippen LogP contribution is -2.41. The topological polar surface area (TPSA) is 45.2 Å². The fourth-order valence-electron chi connectivity index (χ4n) is 2.06. The second-order valence-corrected chi connectivity index (χ2v) is 5.18. The summed E-state index contributed by atoms with van der Waals surface area (Å²) in [6.45, 7) is 7.37. The summed E-state index contributed by atoms with van der Waals surface area (Å²) in [6.07, 6.45) is 0. The zero-order valence-electron chi connectivity index (χ0n) is 11.5. The summed E-state index contributed by atoms with van der Waals surface area (Å²) in [5.41, 5.74) is 0.970. The van der Waals surface area contributed by atoms with Gasteiger partial charge in [0, 0.05) is 18.5 Å². The molecule has 0 fully saturated rings. The van der Waals surface area contributed by atoms with Gasteiger partial charge in [-0.1, -0.05) is 12.1 Å². The van der Waals surface area contributed by atoms with Crippen LogP contribution in [0, 0.1) is 0 Å². The molecule has 1 aromatic carbocycles. The average Bonchev–Trinajstić information content (AvgIpc) is 2.83. The molecule has 0 saturated heterocycles. The van der Waals surface area contributed by atoms with Crippen LogP contribution >= 0.6 is 11.5 Å². The van der Waals surface area contributed by atoms with Crippen LogP contribution in [-0.4, -0.2) is 34.3 Å². The van der Waals surface area contributed by atoms with Gasteiger partial charge in [0.25, 0.3) is 0 Å². The SMILES string of the molecule is CCN(CC)C(=O)C(C)Nc1snc2ccccc12. The molecule has 0 spiro atoms. The van der Waals surface area contributed by atoms with E-state index in [0.717, 1.165) is 29.0 Å². The molecule has 0 saturated carbocycles. The van der Waals surface area contributed by atoms with Gasteiger partial charge in [-0.2, -0.15) is 4.37 Å². The smallest absolute Gasteiger partial charge is 0.244 e. The van der Waals surface area contributed by atoms with Gasteiger partial charge in [0.05, 0.1) is 5.52 Å². The number of rotatable bonds is 5. The molecular weight excluding hydrogens is 258 g/mol. The fraction of sp³-hybridized carbons (Fsp3) is 0.429. The van der Waals surface area contributed by atoms with E-state index in [1.807, 2.05) is 49.9 Å². The molecule has 1 atom stereocenters. The first-order valence-electron chi connectivity index (χ1n) is 6.57. The molecule has 1 unspecified atom stereocenters. The summed E-state index contributed by atoms with van der Waals surface area (Å²) in [6, 6.07) is 7.72. The highest BCUT2D eigenvalue weighted by atomic mass is 32.1. The Kier molecular flexibility index (Phi) is 4.37. The third kappa shape index (κ3) is 2.87. The first-order chi connectivity index (χ1) is 9.17. The van der Waals surface area contributed by atoms with E-state index in [0.29, 0.717) is 0 Å². The minimum Gasteiger partial charge on any atom is -0.364 e. The third-order valence-corrected chi connectivity index (χ3v) is 3.99. The van der Waals surface area contributed by atoms with Crippen LogP contribution in [0.3, 0.4) is 0 Å². The molecule has 0 radical (unpaired) electrons. The van der Waals surface area contributed by atoms with Crippen molar-refractivity contribution in [2.24, 2.45) is 0 Å². The Morgan fingerprint density at radius 2 is 2.05 bits per heavy atom. The number of nitrogens with one attached hydrogen (secondary N) is 1. The molecule has 0 bridgehead atoms. The molecule has 102 valence electrons. The Morgan fingerprint density at radius 1 is 1.37 bits per heavy atom. The highest BCUT2D eigenvalue weighted by molar-refractivity contribution is 7.11. The Morgan fingerprint density at radius 3 is 2.74 bits per heavy atom. The van der Waals surface area contributed by atoms with E-state index in [4.69, 9.17) is 0 Å². The van der Waals surface area contributed by atoms with Crippen molar-refractivity contribution < 1.29 is 4.79 Å². The van der Waals surface area contributed by atoms with Crippen LogP contribution in [-0.2, 0) is 4.79 Å². The molecule has 1 N–H and O–H groups in total. The van der Waals surface area contributed by atoms with Gasteiger partial charge in [-0.05, 0) is 44.4 Å². The Labute approximate surface area is 117 Å². The van der Waals surface area contributed by atoms with Crippen molar-refractivity contribution in [1.29, 1.82) is 0 Å².